The van der Waals surface area contributed by atoms with E-state index in [1.165, 1.54) is 12.1 Å². The molecule has 1 rings (SSSR count). The molecule has 3 nitrogen and oxygen atoms in total. The zero-order chi connectivity index (χ0) is 13.5. The molecule has 0 aliphatic carbocycles. The summed E-state index contributed by atoms with van der Waals surface area (Å²) < 4.78 is 13.5. The van der Waals surface area contributed by atoms with Gasteiger partial charge in [0.05, 0.1) is 5.56 Å². The van der Waals surface area contributed by atoms with E-state index in [1.807, 2.05) is 6.92 Å². The molecule has 0 spiro atoms. The topological polar surface area (TPSA) is 49.3 Å². The molecular weight excluding hydrogens is 233 g/mol. The van der Waals surface area contributed by atoms with Crippen LogP contribution in [0, 0.1) is 18.7 Å². The highest BCUT2D eigenvalue weighted by atomic mass is 19.1. The van der Waals surface area contributed by atoms with E-state index in [0.717, 1.165) is 18.4 Å². The number of amides is 1. The molecule has 2 N–H and O–H groups in total. The van der Waals surface area contributed by atoms with Crippen LogP contribution in [0.15, 0.2) is 18.2 Å². The number of hydrogen-bond acceptors (Lipinski definition) is 2. The van der Waals surface area contributed by atoms with E-state index < -0.39 is 5.82 Å². The molecule has 1 aromatic carbocycles. The molecule has 1 amide bonds. The van der Waals surface area contributed by atoms with Crippen molar-refractivity contribution in [3.63, 3.8) is 0 Å². The molecule has 4 heteroatoms. The van der Waals surface area contributed by atoms with Gasteiger partial charge < -0.3 is 10.4 Å². The lowest BCUT2D eigenvalue weighted by molar-refractivity contribution is 0.0948. The number of nitrogens with one attached hydrogen (secondary N) is 1. The Morgan fingerprint density at radius 2 is 2.22 bits per heavy atom. The number of carbonyl (C=O) groups excluding carboxylic acids is 1. The number of hydrogen-bond donors (Lipinski definition) is 2. The SMILES string of the molecule is Cc1ccc(C(=O)NCCCC(C)CO)c(F)c1. The molecule has 0 fully saturated rings. The minimum Gasteiger partial charge on any atom is -0.396 e. The third-order valence-electron chi connectivity index (χ3n) is 2.84. The summed E-state index contributed by atoms with van der Waals surface area (Å²) in [6, 6.07) is 4.56. The first kappa shape index (κ1) is 14.6. The second-order valence-electron chi connectivity index (χ2n) is 4.67. The van der Waals surface area contributed by atoms with Crippen molar-refractivity contribution in [2.24, 2.45) is 5.92 Å². The number of aliphatic hydroxyl groups excluding tert-OH is 1. The van der Waals surface area contributed by atoms with Gasteiger partial charge in [-0.05, 0) is 43.4 Å². The first-order chi connectivity index (χ1) is 8.54. The Balaban J connectivity index is 2.41. The summed E-state index contributed by atoms with van der Waals surface area (Å²) >= 11 is 0. The summed E-state index contributed by atoms with van der Waals surface area (Å²) in [5.41, 5.74) is 0.872. The van der Waals surface area contributed by atoms with E-state index in [1.54, 1.807) is 13.0 Å². The van der Waals surface area contributed by atoms with E-state index in [0.29, 0.717) is 6.54 Å². The number of aryl methyl sites for hydroxylation is 1. The van der Waals surface area contributed by atoms with Crippen LogP contribution in [0.2, 0.25) is 0 Å². The lowest BCUT2D eigenvalue weighted by Crippen LogP contribution is -2.25. The standard InChI is InChI=1S/C14H20FNO2/c1-10-5-6-12(13(15)8-10)14(18)16-7-3-4-11(2)9-17/h5-6,8,11,17H,3-4,7,9H2,1-2H3,(H,16,18). The van der Waals surface area contributed by atoms with Gasteiger partial charge in [-0.3, -0.25) is 4.79 Å². The largest absolute Gasteiger partial charge is 0.396 e. The summed E-state index contributed by atoms with van der Waals surface area (Å²) in [5.74, 6) is -0.640. The highest BCUT2D eigenvalue weighted by Crippen LogP contribution is 2.10. The van der Waals surface area contributed by atoms with Gasteiger partial charge in [0.2, 0.25) is 0 Å². The molecule has 1 unspecified atom stereocenters. The summed E-state index contributed by atoms with van der Waals surface area (Å²) in [6.07, 6.45) is 1.62. The smallest absolute Gasteiger partial charge is 0.254 e. The van der Waals surface area contributed by atoms with Crippen LogP contribution in [0.4, 0.5) is 4.39 Å². The Bertz CT molecular complexity index is 407. The van der Waals surface area contributed by atoms with Crippen molar-refractivity contribution < 1.29 is 14.3 Å². The average molecular weight is 253 g/mol. The maximum absolute atomic E-state index is 13.5. The minimum absolute atomic E-state index is 0.0795. The Morgan fingerprint density at radius 3 is 2.83 bits per heavy atom. The van der Waals surface area contributed by atoms with Gasteiger partial charge in [0.25, 0.3) is 5.91 Å². The maximum Gasteiger partial charge on any atom is 0.254 e. The average Bonchev–Trinajstić information content (AvgIpc) is 2.34. The molecule has 0 aliphatic heterocycles. The van der Waals surface area contributed by atoms with Crippen molar-refractivity contribution in [1.82, 2.24) is 5.32 Å². The van der Waals surface area contributed by atoms with Gasteiger partial charge in [0.1, 0.15) is 5.82 Å². The predicted octanol–water partition coefficient (Wildman–Crippen LogP) is 2.27. The van der Waals surface area contributed by atoms with Crippen LogP contribution in [0.25, 0.3) is 0 Å². The molecule has 0 aromatic heterocycles. The molecule has 100 valence electrons. The fourth-order valence-corrected chi connectivity index (χ4v) is 1.64. The zero-order valence-electron chi connectivity index (χ0n) is 10.9. The Hall–Kier alpha value is -1.42. The van der Waals surface area contributed by atoms with Crippen LogP contribution in [-0.4, -0.2) is 24.2 Å². The molecule has 1 aromatic rings. The van der Waals surface area contributed by atoms with E-state index in [2.05, 4.69) is 5.32 Å². The minimum atomic E-state index is -0.490. The van der Waals surface area contributed by atoms with Gasteiger partial charge in [-0.15, -0.1) is 0 Å². The molecule has 0 bridgehead atoms. The normalized spacial score (nSPS) is 12.2. The molecule has 0 saturated heterocycles. The molecule has 18 heavy (non-hydrogen) atoms. The number of benzene rings is 1. The van der Waals surface area contributed by atoms with Gasteiger partial charge in [-0.2, -0.15) is 0 Å². The molecule has 0 aliphatic rings. The first-order valence-electron chi connectivity index (χ1n) is 6.19. The van der Waals surface area contributed by atoms with Crippen LogP contribution in [0.1, 0.15) is 35.7 Å². The summed E-state index contributed by atoms with van der Waals surface area (Å²) in [4.78, 5) is 11.7. The van der Waals surface area contributed by atoms with E-state index in [4.69, 9.17) is 5.11 Å². The molecule has 1 atom stereocenters. The molecule has 0 heterocycles. The third kappa shape index (κ3) is 4.45. The van der Waals surface area contributed by atoms with Gasteiger partial charge in [-0.25, -0.2) is 4.39 Å². The summed E-state index contributed by atoms with van der Waals surface area (Å²) in [6.45, 7) is 4.37. The van der Waals surface area contributed by atoms with Crippen LogP contribution in [-0.2, 0) is 0 Å². The van der Waals surface area contributed by atoms with Crippen LogP contribution >= 0.6 is 0 Å². The second-order valence-corrected chi connectivity index (χ2v) is 4.67. The lowest BCUT2D eigenvalue weighted by atomic mass is 10.1. The van der Waals surface area contributed by atoms with Crippen LogP contribution in [0.5, 0.6) is 0 Å². The van der Waals surface area contributed by atoms with Crippen LogP contribution < -0.4 is 5.32 Å². The number of rotatable bonds is 6. The van der Waals surface area contributed by atoms with E-state index in [9.17, 15) is 9.18 Å². The maximum atomic E-state index is 13.5. The van der Waals surface area contributed by atoms with E-state index >= 15 is 0 Å². The Labute approximate surface area is 107 Å². The molecule has 0 radical (unpaired) electrons. The summed E-state index contributed by atoms with van der Waals surface area (Å²) in [7, 11) is 0. The van der Waals surface area contributed by atoms with Crippen molar-refractivity contribution in [2.45, 2.75) is 26.7 Å². The quantitative estimate of drug-likeness (QED) is 0.764. The van der Waals surface area contributed by atoms with Crippen molar-refractivity contribution in [2.75, 3.05) is 13.2 Å². The number of carbonyl (C=O) groups is 1. The fourth-order valence-electron chi connectivity index (χ4n) is 1.64. The third-order valence-corrected chi connectivity index (χ3v) is 2.84. The molecular formula is C14H20FNO2. The van der Waals surface area contributed by atoms with Gasteiger partial charge in [0, 0.05) is 13.2 Å². The predicted molar refractivity (Wildman–Crippen MR) is 69.0 cm³/mol. The lowest BCUT2D eigenvalue weighted by Gasteiger charge is -2.09. The summed E-state index contributed by atoms with van der Waals surface area (Å²) in [5, 5.41) is 11.5. The second kappa shape index (κ2) is 7.11. The Kier molecular flexibility index (Phi) is 5.78. The van der Waals surface area contributed by atoms with E-state index in [-0.39, 0.29) is 24.0 Å². The zero-order valence-corrected chi connectivity index (χ0v) is 10.9. The van der Waals surface area contributed by atoms with Crippen molar-refractivity contribution in [1.29, 1.82) is 0 Å². The number of halogens is 1. The van der Waals surface area contributed by atoms with Gasteiger partial charge >= 0.3 is 0 Å². The monoisotopic (exact) mass is 253 g/mol. The van der Waals surface area contributed by atoms with Crippen molar-refractivity contribution >= 4 is 5.91 Å². The van der Waals surface area contributed by atoms with Crippen LogP contribution in [0.3, 0.4) is 0 Å². The first-order valence-corrected chi connectivity index (χ1v) is 6.19. The Morgan fingerprint density at radius 1 is 1.50 bits per heavy atom. The van der Waals surface area contributed by atoms with Gasteiger partial charge in [-0.1, -0.05) is 13.0 Å². The fraction of sp³-hybridized carbons (Fsp3) is 0.500. The van der Waals surface area contributed by atoms with Crippen molar-refractivity contribution in [3.8, 4) is 0 Å². The molecule has 0 saturated carbocycles. The highest BCUT2D eigenvalue weighted by Gasteiger charge is 2.10. The highest BCUT2D eigenvalue weighted by molar-refractivity contribution is 5.94. The number of aliphatic hydroxyl groups is 1. The van der Waals surface area contributed by atoms with Crippen molar-refractivity contribution in [3.05, 3.63) is 35.1 Å². The van der Waals surface area contributed by atoms with Gasteiger partial charge in [0.15, 0.2) is 0 Å².